The predicted octanol–water partition coefficient (Wildman–Crippen LogP) is 2.67. The minimum absolute atomic E-state index is 0.0264. The van der Waals surface area contributed by atoms with Gasteiger partial charge < -0.3 is 15.0 Å². The van der Waals surface area contributed by atoms with Crippen molar-refractivity contribution in [1.29, 1.82) is 0 Å². The molecule has 0 unspecified atom stereocenters. The van der Waals surface area contributed by atoms with E-state index in [4.69, 9.17) is 16.3 Å². The van der Waals surface area contributed by atoms with Crippen molar-refractivity contribution in [2.75, 3.05) is 33.9 Å². The monoisotopic (exact) mass is 336 g/mol. The fraction of sp³-hybridized carbons (Fsp3) is 0.611. The van der Waals surface area contributed by atoms with E-state index in [9.17, 15) is 4.79 Å². The normalized spacial score (nSPS) is 26.1. The standard InChI is InChI=1S/C18H25ClN2O2/c1-21(2)18(7-9-23-10-8-18)12-20-17(22)16-11-15(16)13-3-5-14(19)6-4-13/h3-6,15-16H,7-12H2,1-2H3,(H,20,22)/t15-,16+/m1/s1. The molecule has 1 saturated carbocycles. The van der Waals surface area contributed by atoms with Crippen molar-refractivity contribution in [3.8, 4) is 0 Å². The van der Waals surface area contributed by atoms with Crippen LogP contribution in [0.25, 0.3) is 0 Å². The van der Waals surface area contributed by atoms with Crippen LogP contribution in [-0.2, 0) is 9.53 Å². The molecule has 1 aliphatic heterocycles. The van der Waals surface area contributed by atoms with Crippen molar-refractivity contribution in [3.05, 3.63) is 34.9 Å². The molecule has 1 aliphatic carbocycles. The maximum Gasteiger partial charge on any atom is 0.223 e. The van der Waals surface area contributed by atoms with Gasteiger partial charge >= 0.3 is 0 Å². The van der Waals surface area contributed by atoms with Crippen LogP contribution < -0.4 is 5.32 Å². The van der Waals surface area contributed by atoms with E-state index >= 15 is 0 Å². The number of hydrogen-bond acceptors (Lipinski definition) is 3. The van der Waals surface area contributed by atoms with E-state index in [1.165, 1.54) is 5.56 Å². The molecule has 1 aromatic carbocycles. The number of benzene rings is 1. The van der Waals surface area contributed by atoms with E-state index in [1.807, 2.05) is 24.3 Å². The molecule has 5 heteroatoms. The maximum atomic E-state index is 12.5. The van der Waals surface area contributed by atoms with Crippen molar-refractivity contribution >= 4 is 17.5 Å². The van der Waals surface area contributed by atoms with Crippen LogP contribution in [0.2, 0.25) is 5.02 Å². The summed E-state index contributed by atoms with van der Waals surface area (Å²) < 4.78 is 5.48. The molecule has 2 fully saturated rings. The van der Waals surface area contributed by atoms with Gasteiger partial charge in [-0.25, -0.2) is 0 Å². The molecule has 1 heterocycles. The minimum atomic E-state index is 0.0264. The van der Waals surface area contributed by atoms with Gasteiger partial charge in [0.25, 0.3) is 0 Å². The Bertz CT molecular complexity index is 553. The highest BCUT2D eigenvalue weighted by Gasteiger charge is 2.45. The number of amides is 1. The molecule has 23 heavy (non-hydrogen) atoms. The first kappa shape index (κ1) is 16.7. The summed E-state index contributed by atoms with van der Waals surface area (Å²) in [7, 11) is 4.18. The zero-order valence-corrected chi connectivity index (χ0v) is 14.6. The second kappa shape index (κ2) is 6.80. The first-order valence-electron chi connectivity index (χ1n) is 8.30. The van der Waals surface area contributed by atoms with Crippen molar-refractivity contribution in [1.82, 2.24) is 10.2 Å². The van der Waals surface area contributed by atoms with Crippen molar-refractivity contribution in [2.24, 2.45) is 5.92 Å². The highest BCUT2D eigenvalue weighted by molar-refractivity contribution is 6.30. The number of carbonyl (C=O) groups is 1. The summed E-state index contributed by atoms with van der Waals surface area (Å²) in [5, 5.41) is 3.92. The number of ether oxygens (including phenoxy) is 1. The highest BCUT2D eigenvalue weighted by Crippen LogP contribution is 2.47. The third kappa shape index (κ3) is 3.70. The molecule has 4 nitrogen and oxygen atoms in total. The van der Waals surface area contributed by atoms with Crippen LogP contribution in [-0.4, -0.2) is 50.2 Å². The Kier molecular flexibility index (Phi) is 4.95. The van der Waals surface area contributed by atoms with E-state index in [2.05, 4.69) is 24.3 Å². The number of carbonyl (C=O) groups excluding carboxylic acids is 1. The van der Waals surface area contributed by atoms with Crippen LogP contribution in [0.15, 0.2) is 24.3 Å². The van der Waals surface area contributed by atoms with Crippen molar-refractivity contribution in [3.63, 3.8) is 0 Å². The Morgan fingerprint density at radius 3 is 2.57 bits per heavy atom. The molecule has 2 atom stereocenters. The largest absolute Gasteiger partial charge is 0.381 e. The molecular formula is C18H25ClN2O2. The van der Waals surface area contributed by atoms with Gasteiger partial charge in [0.05, 0.1) is 0 Å². The van der Waals surface area contributed by atoms with Gasteiger partial charge in [-0.05, 0) is 57.0 Å². The topological polar surface area (TPSA) is 41.6 Å². The van der Waals surface area contributed by atoms with Crippen molar-refractivity contribution in [2.45, 2.75) is 30.7 Å². The molecule has 2 aliphatic rings. The number of rotatable bonds is 5. The van der Waals surface area contributed by atoms with E-state index in [1.54, 1.807) is 0 Å². The van der Waals surface area contributed by atoms with Crippen LogP contribution in [0.1, 0.15) is 30.7 Å². The lowest BCUT2D eigenvalue weighted by molar-refractivity contribution is -0.123. The third-order valence-corrected chi connectivity index (χ3v) is 5.64. The Hall–Kier alpha value is -1.10. The average Bonchev–Trinajstić information content (AvgIpc) is 3.35. The van der Waals surface area contributed by atoms with Crippen LogP contribution in [0.4, 0.5) is 0 Å². The van der Waals surface area contributed by atoms with Gasteiger partial charge in [-0.2, -0.15) is 0 Å². The zero-order chi connectivity index (χ0) is 16.4. The summed E-state index contributed by atoms with van der Waals surface area (Å²) in [5.41, 5.74) is 1.24. The number of nitrogens with zero attached hydrogens (tertiary/aromatic N) is 1. The Balaban J connectivity index is 1.55. The summed E-state index contributed by atoms with van der Waals surface area (Å²) in [6.45, 7) is 2.24. The predicted molar refractivity (Wildman–Crippen MR) is 91.8 cm³/mol. The third-order valence-electron chi connectivity index (χ3n) is 5.39. The molecule has 0 spiro atoms. The summed E-state index contributed by atoms with van der Waals surface area (Å²) in [4.78, 5) is 14.7. The van der Waals surface area contributed by atoms with Gasteiger partial charge in [0.1, 0.15) is 0 Å². The zero-order valence-electron chi connectivity index (χ0n) is 13.8. The minimum Gasteiger partial charge on any atom is -0.381 e. The van der Waals surface area contributed by atoms with E-state index in [0.29, 0.717) is 12.5 Å². The molecule has 1 N–H and O–H groups in total. The lowest BCUT2D eigenvalue weighted by Crippen LogP contribution is -2.55. The smallest absolute Gasteiger partial charge is 0.223 e. The number of likely N-dealkylation sites (N-methyl/N-ethyl adjacent to an activating group) is 1. The molecule has 1 saturated heterocycles. The summed E-state index contributed by atoms with van der Waals surface area (Å²) in [6, 6.07) is 7.85. The van der Waals surface area contributed by atoms with E-state index in [-0.39, 0.29) is 17.4 Å². The lowest BCUT2D eigenvalue weighted by atomic mass is 9.88. The molecule has 0 radical (unpaired) electrons. The summed E-state index contributed by atoms with van der Waals surface area (Å²) >= 11 is 5.92. The van der Waals surface area contributed by atoms with Crippen molar-refractivity contribution < 1.29 is 9.53 Å². The first-order valence-corrected chi connectivity index (χ1v) is 8.68. The van der Waals surface area contributed by atoms with E-state index < -0.39 is 0 Å². The Morgan fingerprint density at radius 1 is 1.30 bits per heavy atom. The summed E-state index contributed by atoms with van der Waals surface area (Å²) in [6.07, 6.45) is 2.86. The van der Waals surface area contributed by atoms with Gasteiger partial charge in [-0.15, -0.1) is 0 Å². The molecular weight excluding hydrogens is 312 g/mol. The van der Waals surface area contributed by atoms with Crippen LogP contribution in [0, 0.1) is 5.92 Å². The number of nitrogens with one attached hydrogen (secondary N) is 1. The van der Waals surface area contributed by atoms with Gasteiger partial charge in [-0.3, -0.25) is 4.79 Å². The number of hydrogen-bond donors (Lipinski definition) is 1. The Labute approximate surface area is 143 Å². The average molecular weight is 337 g/mol. The molecule has 1 aromatic rings. The second-order valence-electron chi connectivity index (χ2n) is 6.95. The second-order valence-corrected chi connectivity index (χ2v) is 7.39. The SMILES string of the molecule is CN(C)C1(CNC(=O)[C@H]2C[C@@H]2c2ccc(Cl)cc2)CCOCC1. The van der Waals surface area contributed by atoms with Crippen LogP contribution >= 0.6 is 11.6 Å². The maximum absolute atomic E-state index is 12.5. The fourth-order valence-electron chi connectivity index (χ4n) is 3.48. The molecule has 3 rings (SSSR count). The fourth-order valence-corrected chi connectivity index (χ4v) is 3.61. The van der Waals surface area contributed by atoms with Gasteiger partial charge in [0.2, 0.25) is 5.91 Å². The molecule has 1 amide bonds. The van der Waals surface area contributed by atoms with E-state index in [0.717, 1.165) is 37.5 Å². The summed E-state index contributed by atoms with van der Waals surface area (Å²) in [5.74, 6) is 0.630. The highest BCUT2D eigenvalue weighted by atomic mass is 35.5. The molecule has 126 valence electrons. The first-order chi connectivity index (χ1) is 11.0. The quantitative estimate of drug-likeness (QED) is 0.898. The molecule has 0 aromatic heterocycles. The van der Waals surface area contributed by atoms with Crippen LogP contribution in [0.3, 0.4) is 0 Å². The van der Waals surface area contributed by atoms with Gasteiger partial charge in [0.15, 0.2) is 0 Å². The number of halogens is 1. The van der Waals surface area contributed by atoms with Gasteiger partial charge in [-0.1, -0.05) is 23.7 Å². The van der Waals surface area contributed by atoms with Crippen LogP contribution in [0.5, 0.6) is 0 Å². The Morgan fingerprint density at radius 2 is 1.96 bits per heavy atom. The lowest BCUT2D eigenvalue weighted by Gasteiger charge is -2.42. The molecule has 0 bridgehead atoms. The van der Waals surface area contributed by atoms with Gasteiger partial charge in [0, 0.05) is 36.2 Å².